The standard InChI is InChI=1S/C25H19N3O8S/c1-15-14-20(26-27(15)16-6-4-3-5-7-16)21-22(29)25(24-19(12-13-35-24)23(21)34-2)37(32,33)36-18-10-8-17(9-11-18)28(30)31/h3-14,29H,1-2H3. The highest BCUT2D eigenvalue weighted by Gasteiger charge is 2.34. The van der Waals surface area contributed by atoms with E-state index in [2.05, 4.69) is 5.10 Å². The van der Waals surface area contributed by atoms with Crippen LogP contribution in [0, 0.1) is 17.0 Å². The van der Waals surface area contributed by atoms with Crippen molar-refractivity contribution >= 4 is 26.8 Å². The van der Waals surface area contributed by atoms with Gasteiger partial charge in [0.15, 0.2) is 16.2 Å². The SMILES string of the molecule is COc1c(-c2cc(C)n(-c3ccccc3)n2)c(O)c(S(=O)(=O)Oc2ccc([N+](=O)[O-])cc2)c2occc12. The average Bonchev–Trinajstić information content (AvgIpc) is 3.50. The Kier molecular flexibility index (Phi) is 5.80. The Bertz CT molecular complexity index is 1740. The Morgan fingerprint density at radius 2 is 1.78 bits per heavy atom. The minimum Gasteiger partial charge on any atom is -0.505 e. The maximum absolute atomic E-state index is 13.4. The molecule has 2 heterocycles. The zero-order chi connectivity index (χ0) is 26.3. The van der Waals surface area contributed by atoms with E-state index in [1.807, 2.05) is 37.3 Å². The molecule has 0 aliphatic carbocycles. The van der Waals surface area contributed by atoms with Crippen LogP contribution in [0.2, 0.25) is 0 Å². The van der Waals surface area contributed by atoms with Crippen LogP contribution in [0.4, 0.5) is 5.69 Å². The first-order valence-corrected chi connectivity index (χ1v) is 12.2. The van der Waals surface area contributed by atoms with Gasteiger partial charge in [-0.3, -0.25) is 10.1 Å². The summed E-state index contributed by atoms with van der Waals surface area (Å²) in [6.07, 6.45) is 1.26. The van der Waals surface area contributed by atoms with Crippen molar-refractivity contribution in [2.24, 2.45) is 0 Å². The molecule has 37 heavy (non-hydrogen) atoms. The highest BCUT2D eigenvalue weighted by atomic mass is 32.2. The van der Waals surface area contributed by atoms with Gasteiger partial charge in [-0.05, 0) is 43.3 Å². The second-order valence-corrected chi connectivity index (χ2v) is 9.44. The number of nitro benzene ring substituents is 1. The molecule has 2 aromatic heterocycles. The summed E-state index contributed by atoms with van der Waals surface area (Å²) < 4.78 is 44.6. The van der Waals surface area contributed by atoms with Crippen molar-refractivity contribution in [3.63, 3.8) is 0 Å². The quantitative estimate of drug-likeness (QED) is 0.178. The minimum atomic E-state index is -4.69. The molecule has 0 aliphatic heterocycles. The Hall–Kier alpha value is -4.84. The van der Waals surface area contributed by atoms with Gasteiger partial charge in [0.05, 0.1) is 34.9 Å². The van der Waals surface area contributed by atoms with Crippen LogP contribution in [0.3, 0.4) is 0 Å². The Labute approximate surface area is 210 Å². The van der Waals surface area contributed by atoms with E-state index >= 15 is 0 Å². The molecular formula is C25H19N3O8S. The van der Waals surface area contributed by atoms with Gasteiger partial charge in [-0.2, -0.15) is 13.5 Å². The van der Waals surface area contributed by atoms with E-state index in [1.54, 1.807) is 10.7 Å². The summed E-state index contributed by atoms with van der Waals surface area (Å²) in [7, 11) is -3.31. The number of para-hydroxylation sites is 1. The van der Waals surface area contributed by atoms with Gasteiger partial charge in [-0.15, -0.1) is 0 Å². The highest BCUT2D eigenvalue weighted by molar-refractivity contribution is 7.87. The van der Waals surface area contributed by atoms with Gasteiger partial charge in [0.1, 0.15) is 17.2 Å². The van der Waals surface area contributed by atoms with E-state index in [0.29, 0.717) is 0 Å². The Balaban J connectivity index is 1.69. The monoisotopic (exact) mass is 521 g/mol. The fraction of sp³-hybridized carbons (Fsp3) is 0.0800. The number of rotatable bonds is 7. The molecule has 3 aromatic carbocycles. The molecule has 12 heteroatoms. The normalized spacial score (nSPS) is 11.5. The van der Waals surface area contributed by atoms with Gasteiger partial charge < -0.3 is 18.4 Å². The van der Waals surface area contributed by atoms with Gasteiger partial charge in [-0.1, -0.05) is 18.2 Å². The first-order valence-electron chi connectivity index (χ1n) is 10.8. The maximum atomic E-state index is 13.4. The molecule has 0 bridgehead atoms. The zero-order valence-electron chi connectivity index (χ0n) is 19.5. The number of non-ortho nitro benzene ring substituents is 1. The van der Waals surface area contributed by atoms with Crippen molar-refractivity contribution in [3.8, 4) is 34.2 Å². The molecule has 5 aromatic rings. The molecule has 188 valence electrons. The number of phenolic OH excluding ortho intramolecular Hbond substituents is 1. The first-order chi connectivity index (χ1) is 17.7. The second kappa shape index (κ2) is 8.99. The van der Waals surface area contributed by atoms with E-state index in [-0.39, 0.29) is 39.4 Å². The van der Waals surface area contributed by atoms with E-state index in [4.69, 9.17) is 13.3 Å². The van der Waals surface area contributed by atoms with Crippen LogP contribution < -0.4 is 8.92 Å². The number of benzene rings is 3. The summed E-state index contributed by atoms with van der Waals surface area (Å²) in [5, 5.41) is 27.1. The lowest BCUT2D eigenvalue weighted by Crippen LogP contribution is -2.11. The van der Waals surface area contributed by atoms with E-state index in [0.717, 1.165) is 35.6 Å². The third-order valence-corrected chi connectivity index (χ3v) is 6.94. The largest absolute Gasteiger partial charge is 0.505 e. The molecule has 0 aliphatic rings. The van der Waals surface area contributed by atoms with Crippen LogP contribution >= 0.6 is 0 Å². The molecule has 1 N–H and O–H groups in total. The van der Waals surface area contributed by atoms with E-state index in [9.17, 15) is 23.6 Å². The summed E-state index contributed by atoms with van der Waals surface area (Å²) in [6, 6.07) is 17.0. The second-order valence-electron chi connectivity index (χ2n) is 7.96. The Morgan fingerprint density at radius 3 is 2.43 bits per heavy atom. The summed E-state index contributed by atoms with van der Waals surface area (Å²) in [5.74, 6) is -0.710. The predicted molar refractivity (Wildman–Crippen MR) is 133 cm³/mol. The molecule has 0 radical (unpaired) electrons. The van der Waals surface area contributed by atoms with Gasteiger partial charge in [0, 0.05) is 17.8 Å². The molecular weight excluding hydrogens is 502 g/mol. The van der Waals surface area contributed by atoms with Crippen molar-refractivity contribution in [2.45, 2.75) is 11.8 Å². The minimum absolute atomic E-state index is 0.0278. The number of aromatic hydroxyl groups is 1. The van der Waals surface area contributed by atoms with Gasteiger partial charge in [-0.25, -0.2) is 4.68 Å². The summed E-state index contributed by atoms with van der Waals surface area (Å²) in [4.78, 5) is 9.66. The number of hydrogen-bond acceptors (Lipinski definition) is 9. The van der Waals surface area contributed by atoms with Gasteiger partial charge in [0.25, 0.3) is 5.69 Å². The molecule has 5 rings (SSSR count). The van der Waals surface area contributed by atoms with Crippen LogP contribution in [0.15, 0.2) is 82.3 Å². The van der Waals surface area contributed by atoms with Gasteiger partial charge in [0.2, 0.25) is 0 Å². The molecule has 0 saturated heterocycles. The van der Waals surface area contributed by atoms with Crippen molar-refractivity contribution < 1.29 is 31.8 Å². The number of aryl methyl sites for hydroxylation is 1. The van der Waals surface area contributed by atoms with Crippen LogP contribution in [0.5, 0.6) is 17.2 Å². The van der Waals surface area contributed by atoms with E-state index < -0.39 is 25.7 Å². The molecule has 0 spiro atoms. The Morgan fingerprint density at radius 1 is 1.08 bits per heavy atom. The van der Waals surface area contributed by atoms with Crippen molar-refractivity contribution in [1.29, 1.82) is 0 Å². The van der Waals surface area contributed by atoms with Crippen LogP contribution in [-0.2, 0) is 10.1 Å². The smallest absolute Gasteiger partial charge is 0.346 e. The molecule has 0 atom stereocenters. The summed E-state index contributed by atoms with van der Waals surface area (Å²) in [6.45, 7) is 1.82. The lowest BCUT2D eigenvalue weighted by Gasteiger charge is -2.15. The fourth-order valence-corrected chi connectivity index (χ4v) is 5.20. The number of furan rings is 1. The number of aromatic nitrogens is 2. The maximum Gasteiger partial charge on any atom is 0.346 e. The number of nitrogens with zero attached hydrogens (tertiary/aromatic N) is 3. The van der Waals surface area contributed by atoms with Crippen LogP contribution in [0.25, 0.3) is 27.9 Å². The van der Waals surface area contributed by atoms with Crippen molar-refractivity contribution in [1.82, 2.24) is 9.78 Å². The molecule has 0 saturated carbocycles. The molecule has 0 unspecified atom stereocenters. The number of fused-ring (bicyclic) bond motifs is 1. The van der Waals surface area contributed by atoms with Crippen LogP contribution in [-0.4, -0.2) is 35.3 Å². The van der Waals surface area contributed by atoms with Crippen LogP contribution in [0.1, 0.15) is 5.69 Å². The summed E-state index contributed by atoms with van der Waals surface area (Å²) >= 11 is 0. The lowest BCUT2D eigenvalue weighted by atomic mass is 10.1. The predicted octanol–water partition coefficient (Wildman–Crippen LogP) is 4.98. The van der Waals surface area contributed by atoms with E-state index in [1.165, 1.54) is 19.4 Å². The zero-order valence-corrected chi connectivity index (χ0v) is 20.3. The average molecular weight is 522 g/mol. The highest BCUT2D eigenvalue weighted by Crippen LogP contribution is 2.48. The topological polar surface area (TPSA) is 147 Å². The molecule has 0 fully saturated rings. The number of phenols is 1. The molecule has 11 nitrogen and oxygen atoms in total. The van der Waals surface area contributed by atoms with Crippen molar-refractivity contribution in [3.05, 3.63) is 88.8 Å². The summed E-state index contributed by atoms with van der Waals surface area (Å²) in [5.41, 5.74) is 1.35. The first kappa shape index (κ1) is 23.9. The van der Waals surface area contributed by atoms with Gasteiger partial charge >= 0.3 is 10.1 Å². The lowest BCUT2D eigenvalue weighted by molar-refractivity contribution is -0.384. The third kappa shape index (κ3) is 4.12. The number of methoxy groups -OCH3 is 1. The third-order valence-electron chi connectivity index (χ3n) is 5.65. The number of nitro groups is 1. The molecule has 0 amide bonds. The number of hydrogen-bond donors (Lipinski definition) is 1. The van der Waals surface area contributed by atoms with Crippen molar-refractivity contribution in [2.75, 3.05) is 7.11 Å². The fourth-order valence-electron chi connectivity index (χ4n) is 4.03. The number of ether oxygens (including phenoxy) is 1.